The van der Waals surface area contributed by atoms with Crippen LogP contribution >= 0.6 is 0 Å². The number of hydrogen-bond acceptors (Lipinski definition) is 8. The van der Waals surface area contributed by atoms with Crippen molar-refractivity contribution in [3.8, 4) is 22.9 Å². The van der Waals surface area contributed by atoms with Crippen molar-refractivity contribution < 1.29 is 26.7 Å². The molecule has 43 heavy (non-hydrogen) atoms. The van der Waals surface area contributed by atoms with E-state index in [1.807, 2.05) is 6.07 Å². The van der Waals surface area contributed by atoms with Crippen molar-refractivity contribution in [2.75, 3.05) is 23.1 Å². The molecule has 0 spiro atoms. The van der Waals surface area contributed by atoms with E-state index in [9.17, 15) is 17.5 Å². The molecule has 9 nitrogen and oxygen atoms in total. The third-order valence-corrected chi connectivity index (χ3v) is 7.31. The van der Waals surface area contributed by atoms with Gasteiger partial charge in [-0.2, -0.15) is 0 Å². The number of benzene rings is 2. The molecular weight excluding hydrogens is 581 g/mol. The summed E-state index contributed by atoms with van der Waals surface area (Å²) in [6.45, 7) is 7.93. The molecule has 1 saturated heterocycles. The zero-order valence-corrected chi connectivity index (χ0v) is 25.1. The van der Waals surface area contributed by atoms with Crippen LogP contribution in [0.1, 0.15) is 39.2 Å². The maximum atomic E-state index is 15.3. The number of halogens is 3. The minimum atomic E-state index is -2.69. The van der Waals surface area contributed by atoms with Gasteiger partial charge in [-0.05, 0) is 50.9 Å². The van der Waals surface area contributed by atoms with Gasteiger partial charge in [-0.15, -0.1) is 0 Å². The Labute approximate surface area is 251 Å². The Morgan fingerprint density at radius 3 is 2.51 bits per heavy atom. The standard InChI is InChI=1S/C26H27FN6O3S.C4H8F2/c1-15-12-17(14-28-13-15)31-26-30-11-9-21(32-26)20-8-5-10-29-25(20)36-24-16(2)22(27)23(33-37(34)35)18-6-3-4-7-19(18)24;1-3-4(2,5)6/h3-11,15,17,28,33H,12-14H2,1-2H3,(H,34,35)(H,30,31,32);3H2,1-2H3/p-1/t15-,17+;/m1./s1. The molecule has 3 heterocycles. The fourth-order valence-electron chi connectivity index (χ4n) is 4.61. The normalized spacial score (nSPS) is 17.5. The van der Waals surface area contributed by atoms with Crippen LogP contribution < -0.4 is 20.1 Å². The molecule has 2 aromatic heterocycles. The largest absolute Gasteiger partial charge is 0.755 e. The topological polar surface area (TPSA) is 124 Å². The first kappa shape index (κ1) is 32.1. The third-order valence-electron chi connectivity index (χ3n) is 6.94. The van der Waals surface area contributed by atoms with E-state index in [-0.39, 0.29) is 35.3 Å². The Balaban J connectivity index is 0.000000641. The van der Waals surface area contributed by atoms with E-state index in [0.717, 1.165) is 26.4 Å². The summed E-state index contributed by atoms with van der Waals surface area (Å²) in [5.41, 5.74) is 1.22. The molecule has 13 heteroatoms. The lowest BCUT2D eigenvalue weighted by Gasteiger charge is -2.28. The van der Waals surface area contributed by atoms with Crippen LogP contribution in [0.15, 0.2) is 54.9 Å². The van der Waals surface area contributed by atoms with Gasteiger partial charge >= 0.3 is 0 Å². The second-order valence-corrected chi connectivity index (χ2v) is 11.2. The van der Waals surface area contributed by atoms with Gasteiger partial charge in [-0.3, -0.25) is 4.21 Å². The van der Waals surface area contributed by atoms with Crippen molar-refractivity contribution in [2.45, 2.75) is 52.5 Å². The van der Waals surface area contributed by atoms with Crippen LogP contribution in [0.25, 0.3) is 22.0 Å². The SMILES string of the molecule is CCC(C)(F)F.Cc1c(F)c(NS(=O)[O-])c2ccccc2c1Oc1ncccc1-c1ccnc(N[C@@H]2CNC[C@H](C)C2)n1. The van der Waals surface area contributed by atoms with E-state index in [1.54, 1.807) is 48.8 Å². The molecule has 1 unspecified atom stereocenters. The molecule has 230 valence electrons. The predicted octanol–water partition coefficient (Wildman–Crippen LogP) is 6.60. The first-order valence-corrected chi connectivity index (χ1v) is 14.9. The first-order valence-electron chi connectivity index (χ1n) is 13.8. The lowest BCUT2D eigenvalue weighted by molar-refractivity contribution is 0.0181. The summed E-state index contributed by atoms with van der Waals surface area (Å²) in [4.78, 5) is 13.5. The van der Waals surface area contributed by atoms with E-state index in [1.165, 1.54) is 13.8 Å². The molecular formula is C30H34F3N6O3S-. The van der Waals surface area contributed by atoms with Crippen molar-refractivity contribution in [1.29, 1.82) is 0 Å². The van der Waals surface area contributed by atoms with E-state index in [2.05, 4.69) is 32.2 Å². The van der Waals surface area contributed by atoms with Crippen LogP contribution in [0, 0.1) is 18.7 Å². The highest BCUT2D eigenvalue weighted by atomic mass is 32.2. The number of aromatic nitrogens is 3. The van der Waals surface area contributed by atoms with Crippen LogP contribution in [-0.4, -0.2) is 48.8 Å². The quantitative estimate of drug-likeness (QED) is 0.190. The Kier molecular flexibility index (Phi) is 10.5. The number of rotatable bonds is 8. The summed E-state index contributed by atoms with van der Waals surface area (Å²) in [6.07, 6.45) is 4.21. The first-order chi connectivity index (χ1) is 20.5. The van der Waals surface area contributed by atoms with E-state index in [0.29, 0.717) is 33.9 Å². The number of fused-ring (bicyclic) bond motifs is 1. The summed E-state index contributed by atoms with van der Waals surface area (Å²) >= 11 is -2.69. The van der Waals surface area contributed by atoms with E-state index < -0.39 is 23.0 Å². The number of hydrogen-bond donors (Lipinski definition) is 3. The summed E-state index contributed by atoms with van der Waals surface area (Å²) in [5, 5.41) is 7.71. The lowest BCUT2D eigenvalue weighted by atomic mass is 9.98. The fourth-order valence-corrected chi connectivity index (χ4v) is 4.98. The zero-order chi connectivity index (χ0) is 31.1. The summed E-state index contributed by atoms with van der Waals surface area (Å²) in [6, 6.07) is 12.4. The van der Waals surface area contributed by atoms with Crippen molar-refractivity contribution in [3.05, 3.63) is 66.2 Å². The van der Waals surface area contributed by atoms with Gasteiger partial charge < -0.3 is 24.6 Å². The van der Waals surface area contributed by atoms with Crippen molar-refractivity contribution in [2.24, 2.45) is 5.92 Å². The van der Waals surface area contributed by atoms with Crippen molar-refractivity contribution in [1.82, 2.24) is 20.3 Å². The van der Waals surface area contributed by atoms with Gasteiger partial charge in [-0.1, -0.05) is 38.1 Å². The van der Waals surface area contributed by atoms with E-state index >= 15 is 4.39 Å². The zero-order valence-electron chi connectivity index (χ0n) is 24.3. The molecule has 4 aromatic rings. The van der Waals surface area contributed by atoms with Gasteiger partial charge in [0.15, 0.2) is 5.82 Å². The minimum Gasteiger partial charge on any atom is -0.755 e. The maximum absolute atomic E-state index is 15.3. The Morgan fingerprint density at radius 2 is 1.84 bits per heavy atom. The number of nitrogens with one attached hydrogen (secondary N) is 3. The average Bonchev–Trinajstić information content (AvgIpc) is 2.98. The molecule has 0 radical (unpaired) electrons. The average molecular weight is 616 g/mol. The summed E-state index contributed by atoms with van der Waals surface area (Å²) in [7, 11) is 0. The van der Waals surface area contributed by atoms with Gasteiger partial charge in [0.25, 0.3) is 0 Å². The molecule has 2 aromatic carbocycles. The van der Waals surface area contributed by atoms with Crippen molar-refractivity contribution >= 4 is 33.7 Å². The molecule has 1 aliphatic heterocycles. The molecule has 0 aliphatic carbocycles. The highest BCUT2D eigenvalue weighted by Gasteiger charge is 2.22. The van der Waals surface area contributed by atoms with Gasteiger partial charge in [0.2, 0.25) is 17.8 Å². The van der Waals surface area contributed by atoms with Gasteiger partial charge in [0, 0.05) is 59.0 Å². The second kappa shape index (κ2) is 14.1. The van der Waals surface area contributed by atoms with Crippen LogP contribution in [0.4, 0.5) is 24.8 Å². The molecule has 1 fully saturated rings. The van der Waals surface area contributed by atoms with Crippen LogP contribution in [0.2, 0.25) is 0 Å². The number of alkyl halides is 2. The third kappa shape index (κ3) is 8.39. The molecule has 5 rings (SSSR count). The maximum Gasteiger partial charge on any atom is 0.245 e. The molecule has 0 bridgehead atoms. The Morgan fingerprint density at radius 1 is 1.12 bits per heavy atom. The van der Waals surface area contributed by atoms with Crippen LogP contribution in [-0.2, 0) is 11.3 Å². The predicted molar refractivity (Wildman–Crippen MR) is 161 cm³/mol. The van der Waals surface area contributed by atoms with Crippen molar-refractivity contribution in [3.63, 3.8) is 0 Å². The summed E-state index contributed by atoms with van der Waals surface area (Å²) < 4.78 is 69.2. The number of anilines is 2. The van der Waals surface area contributed by atoms with Gasteiger partial charge in [-0.25, -0.2) is 28.1 Å². The number of nitrogens with zero attached hydrogens (tertiary/aromatic N) is 3. The number of pyridine rings is 1. The van der Waals surface area contributed by atoms with E-state index in [4.69, 9.17) is 9.72 Å². The minimum absolute atomic E-state index is 0.0625. The highest BCUT2D eigenvalue weighted by Crippen LogP contribution is 2.41. The molecule has 3 atom stereocenters. The Bertz CT molecular complexity index is 1590. The fraction of sp³-hybridized carbons (Fsp3) is 0.367. The number of ether oxygens (including phenoxy) is 1. The smallest absolute Gasteiger partial charge is 0.245 e. The van der Waals surface area contributed by atoms with Gasteiger partial charge in [0.05, 0.1) is 16.9 Å². The Hall–Kier alpha value is -3.81. The highest BCUT2D eigenvalue weighted by molar-refractivity contribution is 7.80. The number of piperidine rings is 1. The van der Waals surface area contributed by atoms with Gasteiger partial charge in [0.1, 0.15) is 5.75 Å². The van der Waals surface area contributed by atoms with Crippen LogP contribution in [0.5, 0.6) is 11.6 Å². The molecule has 0 amide bonds. The summed E-state index contributed by atoms with van der Waals surface area (Å²) in [5.74, 6) is -1.64. The molecule has 1 aliphatic rings. The molecule has 3 N–H and O–H groups in total. The second-order valence-electron chi connectivity index (χ2n) is 10.5. The molecule has 0 saturated carbocycles. The lowest BCUT2D eigenvalue weighted by Crippen LogP contribution is -2.42. The van der Waals surface area contributed by atoms with Crippen LogP contribution in [0.3, 0.4) is 0 Å². The monoisotopic (exact) mass is 615 g/mol.